The number of aliphatic hydroxyl groups is 1. The molecule has 0 saturated carbocycles. The van der Waals surface area contributed by atoms with Crippen molar-refractivity contribution >= 4 is 28.5 Å². The lowest BCUT2D eigenvalue weighted by Gasteiger charge is -2.35. The van der Waals surface area contributed by atoms with Gasteiger partial charge in [0.15, 0.2) is 0 Å². The number of β-amino-alcohol motifs (C(OH)–C–C–N with tert-alkyl or cyclic N) is 1. The second-order valence-corrected chi connectivity index (χ2v) is 6.89. The number of nitrogens with one attached hydrogen (secondary N) is 2. The maximum Gasteiger partial charge on any atom is 0.417 e. The number of hydrogen-bond acceptors (Lipinski definition) is 6. The van der Waals surface area contributed by atoms with Gasteiger partial charge in [-0.05, 0) is 30.3 Å². The SMILES string of the molecule is OCCN1CCN(c2ccc3nc(Nc4ccc(C(F)(F)F)cn4)[nH]c3c2)CC1. The molecule has 154 valence electrons. The molecule has 0 amide bonds. The Morgan fingerprint density at radius 1 is 1.10 bits per heavy atom. The van der Waals surface area contributed by atoms with Crippen LogP contribution >= 0.6 is 0 Å². The van der Waals surface area contributed by atoms with E-state index >= 15 is 0 Å². The van der Waals surface area contributed by atoms with E-state index < -0.39 is 11.7 Å². The quantitative estimate of drug-likeness (QED) is 0.605. The van der Waals surface area contributed by atoms with Gasteiger partial charge in [0.2, 0.25) is 5.95 Å². The van der Waals surface area contributed by atoms with E-state index in [1.54, 1.807) is 0 Å². The van der Waals surface area contributed by atoms with Crippen molar-refractivity contribution in [1.29, 1.82) is 0 Å². The first kappa shape index (κ1) is 19.5. The Morgan fingerprint density at radius 3 is 2.55 bits per heavy atom. The molecule has 0 atom stereocenters. The number of aromatic nitrogens is 3. The Balaban J connectivity index is 1.46. The topological polar surface area (TPSA) is 80.3 Å². The first-order valence-corrected chi connectivity index (χ1v) is 9.30. The van der Waals surface area contributed by atoms with E-state index in [0.29, 0.717) is 12.5 Å². The Labute approximate surface area is 165 Å². The highest BCUT2D eigenvalue weighted by Crippen LogP contribution is 2.29. The van der Waals surface area contributed by atoms with Gasteiger partial charge in [0, 0.05) is 44.6 Å². The van der Waals surface area contributed by atoms with E-state index in [9.17, 15) is 13.2 Å². The number of H-pyrrole nitrogens is 1. The summed E-state index contributed by atoms with van der Waals surface area (Å²) in [5, 5.41) is 12.0. The second-order valence-electron chi connectivity index (χ2n) is 6.89. The van der Waals surface area contributed by atoms with Gasteiger partial charge in [-0.15, -0.1) is 0 Å². The number of imidazole rings is 1. The summed E-state index contributed by atoms with van der Waals surface area (Å²) < 4.78 is 37.9. The minimum absolute atomic E-state index is 0.170. The molecule has 0 radical (unpaired) electrons. The van der Waals surface area contributed by atoms with Crippen LogP contribution in [-0.2, 0) is 6.18 Å². The molecule has 0 spiro atoms. The number of nitrogens with zero attached hydrogens (tertiary/aromatic N) is 4. The van der Waals surface area contributed by atoms with Gasteiger partial charge in [0.1, 0.15) is 5.82 Å². The summed E-state index contributed by atoms with van der Waals surface area (Å²) in [4.78, 5) is 15.9. The van der Waals surface area contributed by atoms with Crippen LogP contribution in [0.15, 0.2) is 36.5 Å². The molecule has 10 heteroatoms. The normalized spacial score (nSPS) is 15.8. The van der Waals surface area contributed by atoms with E-state index in [4.69, 9.17) is 5.11 Å². The number of anilines is 3. The molecule has 29 heavy (non-hydrogen) atoms. The van der Waals surface area contributed by atoms with Crippen LogP contribution in [0.25, 0.3) is 11.0 Å². The zero-order valence-corrected chi connectivity index (χ0v) is 15.6. The van der Waals surface area contributed by atoms with Crippen molar-refractivity contribution in [3.63, 3.8) is 0 Å². The molecule has 1 aliphatic heterocycles. The number of pyridine rings is 1. The van der Waals surface area contributed by atoms with E-state index in [-0.39, 0.29) is 12.4 Å². The van der Waals surface area contributed by atoms with Crippen LogP contribution in [0, 0.1) is 0 Å². The zero-order valence-electron chi connectivity index (χ0n) is 15.6. The monoisotopic (exact) mass is 406 g/mol. The van der Waals surface area contributed by atoms with Gasteiger partial charge in [0.25, 0.3) is 0 Å². The minimum Gasteiger partial charge on any atom is -0.395 e. The van der Waals surface area contributed by atoms with Gasteiger partial charge < -0.3 is 20.3 Å². The average molecular weight is 406 g/mol. The van der Waals surface area contributed by atoms with Crippen molar-refractivity contribution in [2.45, 2.75) is 6.18 Å². The van der Waals surface area contributed by atoms with Crippen molar-refractivity contribution in [3.8, 4) is 0 Å². The number of benzene rings is 1. The highest BCUT2D eigenvalue weighted by Gasteiger charge is 2.30. The van der Waals surface area contributed by atoms with Crippen molar-refractivity contribution in [1.82, 2.24) is 19.9 Å². The molecule has 1 aromatic carbocycles. The molecule has 3 N–H and O–H groups in total. The van der Waals surface area contributed by atoms with Crippen molar-refractivity contribution < 1.29 is 18.3 Å². The number of piperazine rings is 1. The molecular formula is C19H21F3N6O. The standard InChI is InChI=1S/C19H21F3N6O/c20-19(21,22)13-1-4-17(23-12-13)26-18-24-15-3-2-14(11-16(15)25-18)28-7-5-27(6-8-28)9-10-29/h1-4,11-12,29H,5-10H2,(H2,23,24,25,26). The highest BCUT2D eigenvalue weighted by molar-refractivity contribution is 5.82. The lowest BCUT2D eigenvalue weighted by Crippen LogP contribution is -2.47. The second kappa shape index (κ2) is 7.88. The van der Waals surface area contributed by atoms with Crippen LogP contribution in [0.5, 0.6) is 0 Å². The maximum atomic E-state index is 12.6. The lowest BCUT2D eigenvalue weighted by molar-refractivity contribution is -0.137. The van der Waals surface area contributed by atoms with Crippen LogP contribution in [0.1, 0.15) is 5.56 Å². The Kier molecular flexibility index (Phi) is 5.29. The largest absolute Gasteiger partial charge is 0.417 e. The molecule has 0 bridgehead atoms. The van der Waals surface area contributed by atoms with E-state index in [1.807, 2.05) is 18.2 Å². The first-order chi connectivity index (χ1) is 13.9. The van der Waals surface area contributed by atoms with Gasteiger partial charge in [-0.1, -0.05) is 0 Å². The smallest absolute Gasteiger partial charge is 0.395 e. The van der Waals surface area contributed by atoms with Crippen LogP contribution in [0.4, 0.5) is 30.6 Å². The summed E-state index contributed by atoms with van der Waals surface area (Å²) in [6, 6.07) is 8.17. The molecule has 1 saturated heterocycles. The van der Waals surface area contributed by atoms with Gasteiger partial charge in [0.05, 0.1) is 23.2 Å². The third-order valence-electron chi connectivity index (χ3n) is 4.96. The molecule has 4 rings (SSSR count). The molecule has 0 aliphatic carbocycles. The van der Waals surface area contributed by atoms with Crippen molar-refractivity contribution in [2.75, 3.05) is 49.5 Å². The first-order valence-electron chi connectivity index (χ1n) is 9.30. The predicted molar refractivity (Wildman–Crippen MR) is 104 cm³/mol. The number of halogens is 3. The third kappa shape index (κ3) is 4.43. The number of aliphatic hydroxyl groups excluding tert-OH is 1. The number of rotatable bonds is 5. The fourth-order valence-corrected chi connectivity index (χ4v) is 3.38. The number of hydrogen-bond donors (Lipinski definition) is 3. The predicted octanol–water partition coefficient (Wildman–Crippen LogP) is 2.83. The van der Waals surface area contributed by atoms with Crippen LogP contribution in [-0.4, -0.2) is 64.3 Å². The average Bonchev–Trinajstić information content (AvgIpc) is 3.10. The minimum atomic E-state index is -4.41. The maximum absolute atomic E-state index is 12.6. The van der Waals surface area contributed by atoms with E-state index in [2.05, 4.69) is 30.1 Å². The summed E-state index contributed by atoms with van der Waals surface area (Å²) in [5.41, 5.74) is 1.86. The van der Waals surface area contributed by atoms with Crippen molar-refractivity contribution in [2.24, 2.45) is 0 Å². The summed E-state index contributed by atoms with van der Waals surface area (Å²) in [5.74, 6) is 0.689. The van der Waals surface area contributed by atoms with Gasteiger partial charge in [-0.2, -0.15) is 13.2 Å². The number of fused-ring (bicyclic) bond motifs is 1. The summed E-state index contributed by atoms with van der Waals surface area (Å²) in [6.07, 6.45) is -3.62. The van der Waals surface area contributed by atoms with Crippen LogP contribution in [0.3, 0.4) is 0 Å². The molecule has 1 aliphatic rings. The van der Waals surface area contributed by atoms with Crippen LogP contribution in [0.2, 0.25) is 0 Å². The summed E-state index contributed by atoms with van der Waals surface area (Å²) in [6.45, 7) is 4.41. The molecule has 2 aromatic heterocycles. The fourth-order valence-electron chi connectivity index (χ4n) is 3.38. The van der Waals surface area contributed by atoms with E-state index in [0.717, 1.165) is 55.2 Å². The fraction of sp³-hybridized carbons (Fsp3) is 0.368. The molecular weight excluding hydrogens is 385 g/mol. The Bertz CT molecular complexity index is 964. The Hall–Kier alpha value is -2.85. The van der Waals surface area contributed by atoms with Crippen LogP contribution < -0.4 is 10.2 Å². The van der Waals surface area contributed by atoms with Gasteiger partial charge in [-0.25, -0.2) is 9.97 Å². The Morgan fingerprint density at radius 2 is 1.90 bits per heavy atom. The summed E-state index contributed by atoms with van der Waals surface area (Å²) in [7, 11) is 0. The van der Waals surface area contributed by atoms with Crippen molar-refractivity contribution in [3.05, 3.63) is 42.1 Å². The molecule has 0 unspecified atom stereocenters. The lowest BCUT2D eigenvalue weighted by atomic mass is 10.2. The summed E-state index contributed by atoms with van der Waals surface area (Å²) >= 11 is 0. The van der Waals surface area contributed by atoms with Gasteiger partial charge in [-0.3, -0.25) is 4.90 Å². The van der Waals surface area contributed by atoms with E-state index in [1.165, 1.54) is 6.07 Å². The molecule has 3 aromatic rings. The number of alkyl halides is 3. The number of aromatic amines is 1. The molecule has 7 nitrogen and oxygen atoms in total. The zero-order chi connectivity index (χ0) is 20.4. The highest BCUT2D eigenvalue weighted by atomic mass is 19.4. The molecule has 3 heterocycles. The van der Waals surface area contributed by atoms with Gasteiger partial charge >= 0.3 is 6.18 Å². The third-order valence-corrected chi connectivity index (χ3v) is 4.96. The molecule has 1 fully saturated rings.